The monoisotopic (exact) mass is 352 g/mol. The number of amides is 1. The van der Waals surface area contributed by atoms with Crippen molar-refractivity contribution in [1.29, 1.82) is 0 Å². The van der Waals surface area contributed by atoms with Gasteiger partial charge in [0.25, 0.3) is 5.91 Å². The summed E-state index contributed by atoms with van der Waals surface area (Å²) in [4.78, 5) is 29.2. The summed E-state index contributed by atoms with van der Waals surface area (Å²) in [7, 11) is 0. The molecule has 2 aromatic rings. The highest BCUT2D eigenvalue weighted by molar-refractivity contribution is 7.13. The Morgan fingerprint density at radius 1 is 1.39 bits per heavy atom. The second-order valence-corrected chi connectivity index (χ2v) is 6.58. The van der Waals surface area contributed by atoms with Gasteiger partial charge in [-0.05, 0) is 26.0 Å². The van der Waals surface area contributed by atoms with Crippen LogP contribution in [0, 0.1) is 0 Å². The topological polar surface area (TPSA) is 70.5 Å². The molecule has 0 saturated carbocycles. The molecule has 0 aliphatic heterocycles. The lowest BCUT2D eigenvalue weighted by Gasteiger charge is -2.25. The Morgan fingerprint density at radius 3 is 2.74 bits per heavy atom. The number of carboxylic acid groups (broad SMARTS) is 1. The van der Waals surface area contributed by atoms with Crippen LogP contribution in [0.25, 0.3) is 10.6 Å². The molecule has 2 rings (SSSR count). The van der Waals surface area contributed by atoms with Gasteiger partial charge in [0.05, 0.1) is 6.42 Å². The molecule has 23 heavy (non-hydrogen) atoms. The van der Waals surface area contributed by atoms with E-state index in [2.05, 4.69) is 4.98 Å². The average Bonchev–Trinajstić information content (AvgIpc) is 2.96. The lowest BCUT2D eigenvalue weighted by Crippen LogP contribution is -2.38. The zero-order valence-corrected chi connectivity index (χ0v) is 14.4. The molecule has 0 bridgehead atoms. The van der Waals surface area contributed by atoms with Crippen LogP contribution in [0.2, 0.25) is 5.02 Å². The molecule has 1 heterocycles. The van der Waals surface area contributed by atoms with Gasteiger partial charge in [-0.2, -0.15) is 0 Å². The fraction of sp³-hybridized carbons (Fsp3) is 0.312. The molecule has 7 heteroatoms. The molecule has 0 radical (unpaired) electrons. The second kappa shape index (κ2) is 7.57. The van der Waals surface area contributed by atoms with Crippen molar-refractivity contribution in [3.63, 3.8) is 0 Å². The van der Waals surface area contributed by atoms with Gasteiger partial charge in [0, 0.05) is 28.6 Å². The molecule has 0 spiro atoms. The number of benzene rings is 1. The summed E-state index contributed by atoms with van der Waals surface area (Å²) in [5.41, 5.74) is 1.17. The summed E-state index contributed by atoms with van der Waals surface area (Å²) in [6, 6.07) is 7.17. The van der Waals surface area contributed by atoms with Gasteiger partial charge < -0.3 is 10.0 Å². The Morgan fingerprint density at radius 2 is 2.13 bits per heavy atom. The largest absolute Gasteiger partial charge is 0.481 e. The Labute approximate surface area is 143 Å². The molecular formula is C16H17ClN2O3S. The van der Waals surface area contributed by atoms with Crippen LogP contribution in [-0.2, 0) is 4.79 Å². The first-order chi connectivity index (χ1) is 10.9. The van der Waals surface area contributed by atoms with Gasteiger partial charge in [-0.15, -0.1) is 11.3 Å². The van der Waals surface area contributed by atoms with Crippen molar-refractivity contribution in [3.05, 3.63) is 40.4 Å². The van der Waals surface area contributed by atoms with Gasteiger partial charge in [0.1, 0.15) is 10.7 Å². The molecule has 0 atom stereocenters. The van der Waals surface area contributed by atoms with Crippen LogP contribution in [0.4, 0.5) is 0 Å². The first-order valence-corrected chi connectivity index (χ1v) is 8.38. The number of nitrogens with zero attached hydrogens (tertiary/aromatic N) is 2. The summed E-state index contributed by atoms with van der Waals surface area (Å²) in [6.45, 7) is 3.86. The fourth-order valence-electron chi connectivity index (χ4n) is 2.08. The van der Waals surface area contributed by atoms with Crippen molar-refractivity contribution in [2.75, 3.05) is 6.54 Å². The van der Waals surface area contributed by atoms with Gasteiger partial charge in [-0.1, -0.05) is 23.7 Å². The van der Waals surface area contributed by atoms with E-state index in [4.69, 9.17) is 16.7 Å². The van der Waals surface area contributed by atoms with E-state index in [-0.39, 0.29) is 24.9 Å². The molecule has 1 N–H and O–H groups in total. The number of aromatic nitrogens is 1. The first-order valence-electron chi connectivity index (χ1n) is 7.12. The summed E-state index contributed by atoms with van der Waals surface area (Å²) >= 11 is 7.33. The van der Waals surface area contributed by atoms with Crippen molar-refractivity contribution in [2.24, 2.45) is 0 Å². The van der Waals surface area contributed by atoms with E-state index in [0.29, 0.717) is 15.7 Å². The van der Waals surface area contributed by atoms with Crippen LogP contribution in [-0.4, -0.2) is 39.5 Å². The Kier molecular flexibility index (Phi) is 5.74. The summed E-state index contributed by atoms with van der Waals surface area (Å²) in [6.07, 6.45) is -0.0881. The number of hydrogen-bond donors (Lipinski definition) is 1. The third-order valence-electron chi connectivity index (χ3n) is 3.25. The summed E-state index contributed by atoms with van der Waals surface area (Å²) in [5, 5.41) is 11.8. The Bertz CT molecular complexity index is 715. The average molecular weight is 353 g/mol. The molecule has 0 unspecified atom stereocenters. The number of carbonyl (C=O) groups excluding carboxylic acids is 1. The second-order valence-electron chi connectivity index (χ2n) is 5.28. The van der Waals surface area contributed by atoms with Crippen LogP contribution in [0.5, 0.6) is 0 Å². The number of halogens is 1. The van der Waals surface area contributed by atoms with Crippen LogP contribution in [0.15, 0.2) is 29.6 Å². The summed E-state index contributed by atoms with van der Waals surface area (Å²) in [5.74, 6) is -1.19. The quantitative estimate of drug-likeness (QED) is 0.858. The van der Waals surface area contributed by atoms with Gasteiger partial charge in [-0.3, -0.25) is 9.59 Å². The number of rotatable bonds is 6. The third-order valence-corrected chi connectivity index (χ3v) is 4.37. The molecule has 1 aromatic heterocycles. The van der Waals surface area contributed by atoms with E-state index in [1.807, 2.05) is 26.0 Å². The molecular weight excluding hydrogens is 336 g/mol. The first kappa shape index (κ1) is 17.4. The van der Waals surface area contributed by atoms with E-state index in [9.17, 15) is 9.59 Å². The van der Waals surface area contributed by atoms with Crippen molar-refractivity contribution in [3.8, 4) is 10.6 Å². The molecule has 0 fully saturated rings. The number of thiazole rings is 1. The highest BCUT2D eigenvalue weighted by Gasteiger charge is 2.22. The number of carbonyl (C=O) groups is 2. The highest BCUT2D eigenvalue weighted by atomic mass is 35.5. The van der Waals surface area contributed by atoms with Gasteiger partial charge in [-0.25, -0.2) is 4.98 Å². The van der Waals surface area contributed by atoms with Gasteiger partial charge >= 0.3 is 5.97 Å². The Hall–Kier alpha value is -1.92. The van der Waals surface area contributed by atoms with Crippen molar-refractivity contribution in [1.82, 2.24) is 9.88 Å². The van der Waals surface area contributed by atoms with Crippen molar-refractivity contribution < 1.29 is 14.7 Å². The predicted octanol–water partition coefficient (Wildman–Crippen LogP) is 3.79. The molecule has 5 nitrogen and oxygen atoms in total. The fourth-order valence-corrected chi connectivity index (χ4v) is 3.06. The van der Waals surface area contributed by atoms with Crippen molar-refractivity contribution in [2.45, 2.75) is 26.3 Å². The zero-order chi connectivity index (χ0) is 17.0. The molecule has 1 aromatic carbocycles. The third kappa shape index (κ3) is 4.53. The van der Waals surface area contributed by atoms with Gasteiger partial charge in [0.2, 0.25) is 0 Å². The zero-order valence-electron chi connectivity index (χ0n) is 12.8. The maximum atomic E-state index is 12.6. The number of hydrogen-bond acceptors (Lipinski definition) is 4. The lowest BCUT2D eigenvalue weighted by atomic mass is 10.2. The van der Waals surface area contributed by atoms with Crippen LogP contribution < -0.4 is 0 Å². The molecule has 1 amide bonds. The maximum Gasteiger partial charge on any atom is 0.305 e. The summed E-state index contributed by atoms with van der Waals surface area (Å²) < 4.78 is 0. The number of carboxylic acids is 1. The minimum atomic E-state index is -0.929. The van der Waals surface area contributed by atoms with Gasteiger partial charge in [0.15, 0.2) is 0 Å². The predicted molar refractivity (Wildman–Crippen MR) is 91.0 cm³/mol. The maximum absolute atomic E-state index is 12.6. The van der Waals surface area contributed by atoms with E-state index < -0.39 is 5.97 Å². The van der Waals surface area contributed by atoms with Crippen LogP contribution in [0.1, 0.15) is 30.8 Å². The molecule has 0 saturated heterocycles. The van der Waals surface area contributed by atoms with E-state index in [0.717, 1.165) is 5.56 Å². The standard InChI is InChI=1S/C16H17ClN2O3S/c1-10(2)19(7-6-14(20)21)16(22)13-9-23-15(18-13)11-4-3-5-12(17)8-11/h3-5,8-10H,6-7H2,1-2H3,(H,20,21). The minimum absolute atomic E-state index is 0.0881. The minimum Gasteiger partial charge on any atom is -0.481 e. The van der Waals surface area contributed by atoms with Crippen molar-refractivity contribution >= 4 is 34.8 Å². The molecule has 0 aliphatic rings. The number of aliphatic carboxylic acids is 1. The lowest BCUT2D eigenvalue weighted by molar-refractivity contribution is -0.137. The van der Waals surface area contributed by atoms with E-state index >= 15 is 0 Å². The Balaban J connectivity index is 2.20. The normalized spacial score (nSPS) is 10.8. The smallest absolute Gasteiger partial charge is 0.305 e. The van der Waals surface area contributed by atoms with Crippen LogP contribution >= 0.6 is 22.9 Å². The van der Waals surface area contributed by atoms with Crippen LogP contribution in [0.3, 0.4) is 0 Å². The SMILES string of the molecule is CC(C)N(CCC(=O)O)C(=O)c1csc(-c2cccc(Cl)c2)n1. The molecule has 122 valence electrons. The van der Waals surface area contributed by atoms with E-state index in [1.54, 1.807) is 17.5 Å². The highest BCUT2D eigenvalue weighted by Crippen LogP contribution is 2.26. The van der Waals surface area contributed by atoms with E-state index in [1.165, 1.54) is 16.2 Å². The molecule has 0 aliphatic carbocycles.